The van der Waals surface area contributed by atoms with Gasteiger partial charge in [-0.15, -0.1) is 0 Å². The Labute approximate surface area is 148 Å². The third kappa shape index (κ3) is 5.37. The molecule has 1 unspecified atom stereocenters. The van der Waals surface area contributed by atoms with Gasteiger partial charge < -0.3 is 15.0 Å². The molecule has 0 saturated carbocycles. The summed E-state index contributed by atoms with van der Waals surface area (Å²) in [6.07, 6.45) is 1.28. The molecular weight excluding hydrogens is 344 g/mol. The molecule has 1 aromatic rings. The molecule has 0 bridgehead atoms. The van der Waals surface area contributed by atoms with E-state index in [-0.39, 0.29) is 29.1 Å². The van der Waals surface area contributed by atoms with E-state index in [2.05, 4.69) is 15.3 Å². The number of sulfone groups is 1. The molecule has 1 atom stereocenters. The predicted octanol–water partition coefficient (Wildman–Crippen LogP) is 0.883. The zero-order valence-corrected chi connectivity index (χ0v) is 15.8. The number of aromatic nitrogens is 2. The van der Waals surface area contributed by atoms with Gasteiger partial charge in [-0.1, -0.05) is 0 Å². The molecular formula is C16H26N4O4S. The standard InChI is InChI=1S/C16H26N4O4S/c1-4-20(13-6-9-25(22,23)11-13)15(21)14-10-12(2)18-16(19-14)17-7-5-8-24-3/h10,13H,4-9,11H2,1-3H3,(H,17,18,19). The zero-order chi connectivity index (χ0) is 18.4. The number of nitrogens with one attached hydrogen (secondary N) is 1. The first-order chi connectivity index (χ1) is 11.9. The summed E-state index contributed by atoms with van der Waals surface area (Å²) in [6, 6.07) is 1.35. The summed E-state index contributed by atoms with van der Waals surface area (Å²) in [5, 5.41) is 3.09. The van der Waals surface area contributed by atoms with Crippen molar-refractivity contribution in [2.75, 3.05) is 43.6 Å². The highest BCUT2D eigenvalue weighted by Crippen LogP contribution is 2.20. The Morgan fingerprint density at radius 1 is 1.44 bits per heavy atom. The van der Waals surface area contributed by atoms with Crippen LogP contribution >= 0.6 is 0 Å². The van der Waals surface area contributed by atoms with E-state index >= 15 is 0 Å². The van der Waals surface area contributed by atoms with Gasteiger partial charge in [0.15, 0.2) is 9.84 Å². The van der Waals surface area contributed by atoms with Gasteiger partial charge >= 0.3 is 0 Å². The molecule has 140 valence electrons. The first kappa shape index (κ1) is 19.6. The highest BCUT2D eigenvalue weighted by Gasteiger charge is 2.34. The van der Waals surface area contributed by atoms with Crippen LogP contribution in [0.4, 0.5) is 5.95 Å². The van der Waals surface area contributed by atoms with Gasteiger partial charge in [-0.25, -0.2) is 18.4 Å². The van der Waals surface area contributed by atoms with E-state index in [0.29, 0.717) is 37.8 Å². The van der Waals surface area contributed by atoms with Crippen LogP contribution in [0.15, 0.2) is 6.07 Å². The second kappa shape index (κ2) is 8.57. The monoisotopic (exact) mass is 370 g/mol. The largest absolute Gasteiger partial charge is 0.385 e. The van der Waals surface area contributed by atoms with E-state index in [1.807, 2.05) is 6.92 Å². The topological polar surface area (TPSA) is 101 Å². The Kier molecular flexibility index (Phi) is 6.71. The van der Waals surface area contributed by atoms with Crippen LogP contribution in [0, 0.1) is 6.92 Å². The Bertz CT molecular complexity index is 708. The average Bonchev–Trinajstić information content (AvgIpc) is 2.91. The van der Waals surface area contributed by atoms with Gasteiger partial charge in [-0.05, 0) is 32.8 Å². The Morgan fingerprint density at radius 2 is 2.20 bits per heavy atom. The summed E-state index contributed by atoms with van der Waals surface area (Å²) < 4.78 is 28.4. The van der Waals surface area contributed by atoms with Crippen molar-refractivity contribution in [3.8, 4) is 0 Å². The average molecular weight is 370 g/mol. The number of hydrogen-bond acceptors (Lipinski definition) is 7. The fourth-order valence-electron chi connectivity index (χ4n) is 2.91. The molecule has 0 aliphatic carbocycles. The van der Waals surface area contributed by atoms with Crippen molar-refractivity contribution < 1.29 is 17.9 Å². The molecule has 2 heterocycles. The first-order valence-corrected chi connectivity index (χ1v) is 10.3. The van der Waals surface area contributed by atoms with Crippen molar-refractivity contribution in [2.24, 2.45) is 0 Å². The second-order valence-electron chi connectivity index (χ2n) is 6.14. The molecule has 2 rings (SSSR count). The minimum Gasteiger partial charge on any atom is -0.385 e. The van der Waals surface area contributed by atoms with Gasteiger partial charge in [0.1, 0.15) is 5.69 Å². The summed E-state index contributed by atoms with van der Waals surface area (Å²) in [5.41, 5.74) is 0.968. The summed E-state index contributed by atoms with van der Waals surface area (Å²) in [6.45, 7) is 5.36. The van der Waals surface area contributed by atoms with E-state index in [4.69, 9.17) is 4.74 Å². The number of carbonyl (C=O) groups excluding carboxylic acids is 1. The lowest BCUT2D eigenvalue weighted by Crippen LogP contribution is -2.41. The molecule has 1 aliphatic rings. The van der Waals surface area contributed by atoms with Crippen molar-refractivity contribution in [1.29, 1.82) is 0 Å². The highest BCUT2D eigenvalue weighted by molar-refractivity contribution is 7.91. The van der Waals surface area contributed by atoms with Crippen LogP contribution in [-0.2, 0) is 14.6 Å². The van der Waals surface area contributed by atoms with Crippen molar-refractivity contribution in [1.82, 2.24) is 14.9 Å². The molecule has 8 nitrogen and oxygen atoms in total. The van der Waals surface area contributed by atoms with E-state index in [1.165, 1.54) is 0 Å². The predicted molar refractivity (Wildman–Crippen MR) is 95.5 cm³/mol. The van der Waals surface area contributed by atoms with Crippen LogP contribution in [0.3, 0.4) is 0 Å². The van der Waals surface area contributed by atoms with Crippen LogP contribution in [0.1, 0.15) is 35.9 Å². The number of methoxy groups -OCH3 is 1. The molecule has 1 N–H and O–H groups in total. The van der Waals surface area contributed by atoms with Crippen LogP contribution < -0.4 is 5.32 Å². The van der Waals surface area contributed by atoms with Crippen LogP contribution in [0.5, 0.6) is 0 Å². The lowest BCUT2D eigenvalue weighted by molar-refractivity contribution is 0.0702. The maximum atomic E-state index is 12.8. The van der Waals surface area contributed by atoms with Crippen molar-refractivity contribution in [3.05, 3.63) is 17.5 Å². The summed E-state index contributed by atoms with van der Waals surface area (Å²) in [5.74, 6) is 0.305. The minimum absolute atomic E-state index is 0.0266. The summed E-state index contributed by atoms with van der Waals surface area (Å²) in [7, 11) is -1.41. The van der Waals surface area contributed by atoms with Crippen molar-refractivity contribution in [3.63, 3.8) is 0 Å². The van der Waals surface area contributed by atoms with Gasteiger partial charge in [0, 0.05) is 38.5 Å². The van der Waals surface area contributed by atoms with Crippen LogP contribution in [0.25, 0.3) is 0 Å². The Morgan fingerprint density at radius 3 is 2.80 bits per heavy atom. The van der Waals surface area contributed by atoms with Gasteiger partial charge in [0.2, 0.25) is 5.95 Å². The number of aryl methyl sites for hydroxylation is 1. The fraction of sp³-hybridized carbons (Fsp3) is 0.688. The van der Waals surface area contributed by atoms with Gasteiger partial charge in [0.25, 0.3) is 5.91 Å². The molecule has 9 heteroatoms. The quantitative estimate of drug-likeness (QED) is 0.678. The fourth-order valence-corrected chi connectivity index (χ4v) is 4.64. The normalized spacial score (nSPS) is 18.9. The Balaban J connectivity index is 2.12. The summed E-state index contributed by atoms with van der Waals surface area (Å²) in [4.78, 5) is 23.0. The lowest BCUT2D eigenvalue weighted by atomic mass is 10.2. The van der Waals surface area contributed by atoms with E-state index < -0.39 is 9.84 Å². The van der Waals surface area contributed by atoms with E-state index in [0.717, 1.165) is 6.42 Å². The number of carbonyl (C=O) groups is 1. The molecule has 0 radical (unpaired) electrons. The number of amides is 1. The van der Waals surface area contributed by atoms with Crippen molar-refractivity contribution >= 4 is 21.7 Å². The number of nitrogens with zero attached hydrogens (tertiary/aromatic N) is 3. The van der Waals surface area contributed by atoms with Gasteiger partial charge in [-0.2, -0.15) is 0 Å². The number of anilines is 1. The SMILES string of the molecule is CCN(C(=O)c1cc(C)nc(NCCCOC)n1)C1CCS(=O)(=O)C1. The molecule has 1 saturated heterocycles. The maximum Gasteiger partial charge on any atom is 0.272 e. The van der Waals surface area contributed by atoms with Crippen LogP contribution in [-0.4, -0.2) is 73.5 Å². The molecule has 25 heavy (non-hydrogen) atoms. The summed E-state index contributed by atoms with van der Waals surface area (Å²) >= 11 is 0. The van der Waals surface area contributed by atoms with Crippen LogP contribution in [0.2, 0.25) is 0 Å². The molecule has 0 spiro atoms. The van der Waals surface area contributed by atoms with Gasteiger partial charge in [-0.3, -0.25) is 4.79 Å². The molecule has 1 aromatic heterocycles. The van der Waals surface area contributed by atoms with E-state index in [9.17, 15) is 13.2 Å². The van der Waals surface area contributed by atoms with E-state index in [1.54, 1.807) is 25.0 Å². The molecule has 0 aromatic carbocycles. The Hall–Kier alpha value is -1.74. The number of rotatable bonds is 8. The third-order valence-corrected chi connectivity index (χ3v) is 5.88. The minimum atomic E-state index is -3.05. The highest BCUT2D eigenvalue weighted by atomic mass is 32.2. The number of hydrogen-bond donors (Lipinski definition) is 1. The van der Waals surface area contributed by atoms with Gasteiger partial charge in [0.05, 0.1) is 11.5 Å². The number of ether oxygens (including phenoxy) is 1. The molecule has 1 fully saturated rings. The maximum absolute atomic E-state index is 12.8. The van der Waals surface area contributed by atoms with Crippen molar-refractivity contribution in [2.45, 2.75) is 32.7 Å². The molecule has 1 aliphatic heterocycles. The lowest BCUT2D eigenvalue weighted by Gasteiger charge is -2.26. The molecule has 1 amide bonds. The zero-order valence-electron chi connectivity index (χ0n) is 15.0. The smallest absolute Gasteiger partial charge is 0.272 e. The first-order valence-electron chi connectivity index (χ1n) is 8.46. The third-order valence-electron chi connectivity index (χ3n) is 4.13. The second-order valence-corrected chi connectivity index (χ2v) is 8.37.